The van der Waals surface area contributed by atoms with Crippen molar-refractivity contribution < 1.29 is 0 Å². The second-order valence-corrected chi connectivity index (χ2v) is 3.86. The van der Waals surface area contributed by atoms with Crippen LogP contribution in [0.4, 0.5) is 0 Å². The van der Waals surface area contributed by atoms with Crippen molar-refractivity contribution in [1.82, 2.24) is 9.97 Å². The minimum Gasteiger partial charge on any atom is -0.348 e. The van der Waals surface area contributed by atoms with Gasteiger partial charge >= 0.3 is 0 Å². The fourth-order valence-corrected chi connectivity index (χ4v) is 1.33. The molecule has 0 atom stereocenters. The number of rotatable bonds is 3. The summed E-state index contributed by atoms with van der Waals surface area (Å²) in [5, 5.41) is 0. The van der Waals surface area contributed by atoms with E-state index in [2.05, 4.69) is 39.7 Å². The number of aryl methyl sites for hydroxylation is 1. The van der Waals surface area contributed by atoms with Crippen molar-refractivity contribution in [2.45, 2.75) is 26.7 Å². The lowest BCUT2D eigenvalue weighted by Crippen LogP contribution is -1.92. The lowest BCUT2D eigenvalue weighted by atomic mass is 10.1. The molecule has 11 heavy (non-hydrogen) atoms. The molecule has 0 aliphatic rings. The summed E-state index contributed by atoms with van der Waals surface area (Å²) in [6.45, 7) is 4.45. The predicted molar refractivity (Wildman–Crippen MR) is 49.4 cm³/mol. The summed E-state index contributed by atoms with van der Waals surface area (Å²) in [4.78, 5) is 7.16. The molecular formula is C8H13BrN2. The van der Waals surface area contributed by atoms with E-state index in [1.165, 1.54) is 12.1 Å². The Bertz CT molecular complexity index is 218. The molecule has 1 N–H and O–H groups in total. The zero-order valence-corrected chi connectivity index (χ0v) is 8.48. The highest BCUT2D eigenvalue weighted by Gasteiger charge is 2.02. The summed E-state index contributed by atoms with van der Waals surface area (Å²) in [7, 11) is 0. The quantitative estimate of drug-likeness (QED) is 0.828. The number of halogens is 1. The summed E-state index contributed by atoms with van der Waals surface area (Å²) >= 11 is 3.37. The van der Waals surface area contributed by atoms with Gasteiger partial charge in [0.25, 0.3) is 0 Å². The molecule has 0 unspecified atom stereocenters. The molecule has 1 rings (SSSR count). The number of aromatic amines is 1. The highest BCUT2D eigenvalue weighted by molar-refractivity contribution is 9.10. The molecule has 1 aromatic heterocycles. The van der Waals surface area contributed by atoms with Gasteiger partial charge in [-0.05, 0) is 34.7 Å². The molecule has 2 nitrogen and oxygen atoms in total. The normalized spacial score (nSPS) is 10.9. The number of nitrogens with one attached hydrogen (secondary N) is 1. The van der Waals surface area contributed by atoms with Gasteiger partial charge in [0.1, 0.15) is 4.60 Å². The summed E-state index contributed by atoms with van der Waals surface area (Å²) in [6.07, 6.45) is 4.01. The Morgan fingerprint density at radius 2 is 2.36 bits per heavy atom. The number of H-pyrrole nitrogens is 1. The van der Waals surface area contributed by atoms with Crippen LogP contribution in [-0.4, -0.2) is 9.97 Å². The first kappa shape index (κ1) is 8.78. The van der Waals surface area contributed by atoms with Crippen molar-refractivity contribution in [3.05, 3.63) is 16.6 Å². The monoisotopic (exact) mass is 216 g/mol. The van der Waals surface area contributed by atoms with Crippen molar-refractivity contribution in [1.29, 1.82) is 0 Å². The van der Waals surface area contributed by atoms with Crippen LogP contribution in [0, 0.1) is 5.92 Å². The molecule has 62 valence electrons. The first-order valence-electron chi connectivity index (χ1n) is 3.88. The maximum Gasteiger partial charge on any atom is 0.127 e. The van der Waals surface area contributed by atoms with Crippen LogP contribution in [0.1, 0.15) is 26.0 Å². The van der Waals surface area contributed by atoms with E-state index in [9.17, 15) is 0 Å². The number of imidazole rings is 1. The van der Waals surface area contributed by atoms with Crippen LogP contribution >= 0.6 is 15.9 Å². The smallest absolute Gasteiger partial charge is 0.127 e. The zero-order valence-electron chi connectivity index (χ0n) is 6.89. The van der Waals surface area contributed by atoms with Crippen molar-refractivity contribution >= 4 is 15.9 Å². The first-order valence-corrected chi connectivity index (χ1v) is 4.67. The highest BCUT2D eigenvalue weighted by Crippen LogP contribution is 2.14. The average molecular weight is 217 g/mol. The number of hydrogen-bond donors (Lipinski definition) is 1. The molecule has 0 radical (unpaired) electrons. The van der Waals surface area contributed by atoms with Crippen LogP contribution in [0.2, 0.25) is 0 Å². The molecule has 0 saturated carbocycles. The average Bonchev–Trinajstić information content (AvgIpc) is 2.31. The van der Waals surface area contributed by atoms with Crippen LogP contribution in [-0.2, 0) is 6.42 Å². The maximum absolute atomic E-state index is 4.06. The van der Waals surface area contributed by atoms with E-state index in [0.29, 0.717) is 0 Å². The van der Waals surface area contributed by atoms with Crippen LogP contribution in [0.25, 0.3) is 0 Å². The molecule has 1 heterocycles. The van der Waals surface area contributed by atoms with E-state index in [1.54, 1.807) is 6.33 Å². The van der Waals surface area contributed by atoms with Crippen molar-refractivity contribution in [3.63, 3.8) is 0 Å². The number of aromatic nitrogens is 2. The lowest BCUT2D eigenvalue weighted by Gasteiger charge is -2.01. The minimum atomic E-state index is 0.755. The predicted octanol–water partition coefficient (Wildman–Crippen LogP) is 2.76. The van der Waals surface area contributed by atoms with Gasteiger partial charge in [-0.15, -0.1) is 0 Å². The van der Waals surface area contributed by atoms with Gasteiger partial charge in [-0.3, -0.25) is 0 Å². The first-order chi connectivity index (χ1) is 5.20. The molecule has 0 fully saturated rings. The van der Waals surface area contributed by atoms with Crippen molar-refractivity contribution in [2.24, 2.45) is 5.92 Å². The Labute approximate surface area is 75.6 Å². The largest absolute Gasteiger partial charge is 0.348 e. The van der Waals surface area contributed by atoms with Gasteiger partial charge in [0.15, 0.2) is 0 Å². The lowest BCUT2D eigenvalue weighted by molar-refractivity contribution is 0.581. The molecule has 0 amide bonds. The van der Waals surface area contributed by atoms with E-state index in [0.717, 1.165) is 16.9 Å². The Balaban J connectivity index is 2.44. The molecule has 1 aromatic rings. The van der Waals surface area contributed by atoms with Gasteiger partial charge < -0.3 is 4.98 Å². The molecule has 0 bridgehead atoms. The number of hydrogen-bond acceptors (Lipinski definition) is 1. The van der Waals surface area contributed by atoms with Crippen molar-refractivity contribution in [3.8, 4) is 0 Å². The van der Waals surface area contributed by atoms with Crippen LogP contribution in [0.3, 0.4) is 0 Å². The van der Waals surface area contributed by atoms with Gasteiger partial charge in [0.05, 0.1) is 6.33 Å². The second-order valence-electron chi connectivity index (χ2n) is 3.10. The van der Waals surface area contributed by atoms with E-state index < -0.39 is 0 Å². The van der Waals surface area contributed by atoms with E-state index >= 15 is 0 Å². The summed E-state index contributed by atoms with van der Waals surface area (Å²) in [6, 6.07) is 0. The topological polar surface area (TPSA) is 28.7 Å². The van der Waals surface area contributed by atoms with Crippen LogP contribution < -0.4 is 0 Å². The summed E-state index contributed by atoms with van der Waals surface area (Å²) in [5.41, 5.74) is 1.21. The molecule has 0 saturated heterocycles. The van der Waals surface area contributed by atoms with E-state index in [4.69, 9.17) is 0 Å². The fourth-order valence-electron chi connectivity index (χ4n) is 0.913. The maximum atomic E-state index is 4.06. The summed E-state index contributed by atoms with van der Waals surface area (Å²) in [5.74, 6) is 0.755. The SMILES string of the molecule is CC(C)CCc1[nH]cnc1Br. The van der Waals surface area contributed by atoms with Crippen LogP contribution in [0.5, 0.6) is 0 Å². The Hall–Kier alpha value is -0.310. The van der Waals surface area contributed by atoms with Gasteiger partial charge in [-0.2, -0.15) is 0 Å². The fraction of sp³-hybridized carbons (Fsp3) is 0.625. The van der Waals surface area contributed by atoms with Gasteiger partial charge in [-0.1, -0.05) is 13.8 Å². The van der Waals surface area contributed by atoms with E-state index in [-0.39, 0.29) is 0 Å². The standard InChI is InChI=1S/C8H13BrN2/c1-6(2)3-4-7-8(9)11-5-10-7/h5-6H,3-4H2,1-2H3,(H,10,11). The molecule has 0 aliphatic carbocycles. The highest BCUT2D eigenvalue weighted by atomic mass is 79.9. The third-order valence-electron chi connectivity index (χ3n) is 1.64. The zero-order chi connectivity index (χ0) is 8.27. The molecule has 0 spiro atoms. The number of nitrogens with zero attached hydrogens (tertiary/aromatic N) is 1. The van der Waals surface area contributed by atoms with E-state index in [1.807, 2.05) is 0 Å². The van der Waals surface area contributed by atoms with Crippen LogP contribution in [0.15, 0.2) is 10.9 Å². The Morgan fingerprint density at radius 1 is 1.64 bits per heavy atom. The molecule has 3 heteroatoms. The summed E-state index contributed by atoms with van der Waals surface area (Å²) < 4.78 is 0.957. The molecular weight excluding hydrogens is 204 g/mol. The van der Waals surface area contributed by atoms with Gasteiger partial charge in [-0.25, -0.2) is 4.98 Å². The molecule has 0 aromatic carbocycles. The van der Waals surface area contributed by atoms with Crippen molar-refractivity contribution in [2.75, 3.05) is 0 Å². The van der Waals surface area contributed by atoms with Gasteiger partial charge in [0, 0.05) is 5.69 Å². The Morgan fingerprint density at radius 3 is 2.82 bits per heavy atom. The molecule has 0 aliphatic heterocycles. The van der Waals surface area contributed by atoms with Gasteiger partial charge in [0.2, 0.25) is 0 Å². The third-order valence-corrected chi connectivity index (χ3v) is 2.32. The Kier molecular flexibility index (Phi) is 3.12. The third kappa shape index (κ3) is 2.66. The minimum absolute atomic E-state index is 0.755. The second kappa shape index (κ2) is 3.90.